The van der Waals surface area contributed by atoms with Crippen molar-refractivity contribution in [1.82, 2.24) is 25.5 Å². The van der Waals surface area contributed by atoms with Gasteiger partial charge < -0.3 is 19.5 Å². The van der Waals surface area contributed by atoms with E-state index in [-0.39, 0.29) is 30.9 Å². The summed E-state index contributed by atoms with van der Waals surface area (Å²) >= 11 is 0. The molecule has 2 amide bonds. The Morgan fingerprint density at radius 3 is 2.44 bits per heavy atom. The zero-order chi connectivity index (χ0) is 25.5. The van der Waals surface area contributed by atoms with Crippen LogP contribution in [-0.2, 0) is 16.1 Å². The van der Waals surface area contributed by atoms with E-state index in [0.29, 0.717) is 34.3 Å². The first-order chi connectivity index (χ1) is 17.5. The van der Waals surface area contributed by atoms with E-state index in [4.69, 9.17) is 14.2 Å². The number of rotatable bonds is 10. The maximum Gasteiger partial charge on any atom is 0.251 e. The highest BCUT2D eigenvalue weighted by Crippen LogP contribution is 2.31. The number of nitrogens with one attached hydrogen (secondary N) is 1. The third-order valence-electron chi connectivity index (χ3n) is 6.07. The molecule has 2 aromatic carbocycles. The molecular weight excluding hydrogens is 464 g/mol. The largest absolute Gasteiger partial charge is 0.495 e. The molecular formula is C25H30N6O5. The van der Waals surface area contributed by atoms with E-state index < -0.39 is 0 Å². The highest BCUT2D eigenvalue weighted by Gasteiger charge is 2.25. The van der Waals surface area contributed by atoms with Crippen molar-refractivity contribution in [1.29, 1.82) is 0 Å². The summed E-state index contributed by atoms with van der Waals surface area (Å²) in [4.78, 5) is 28.8. The van der Waals surface area contributed by atoms with Crippen LogP contribution < -0.4 is 24.4 Å². The third-order valence-corrected chi connectivity index (χ3v) is 6.07. The van der Waals surface area contributed by atoms with Gasteiger partial charge in [-0.15, -0.1) is 10.2 Å². The first kappa shape index (κ1) is 25.0. The number of para-hydroxylation sites is 2. The Morgan fingerprint density at radius 1 is 1.00 bits per heavy atom. The molecule has 1 saturated carbocycles. The zero-order valence-corrected chi connectivity index (χ0v) is 20.6. The second kappa shape index (κ2) is 11.5. The quantitative estimate of drug-likeness (QED) is 0.456. The minimum absolute atomic E-state index is 0.146. The summed E-state index contributed by atoms with van der Waals surface area (Å²) in [6, 6.07) is 12.5. The van der Waals surface area contributed by atoms with Gasteiger partial charge in [-0.2, -0.15) is 4.80 Å². The van der Waals surface area contributed by atoms with E-state index in [0.717, 1.165) is 25.7 Å². The topological polar surface area (TPSA) is 121 Å². The van der Waals surface area contributed by atoms with Crippen LogP contribution in [0.2, 0.25) is 0 Å². The van der Waals surface area contributed by atoms with Gasteiger partial charge in [-0.3, -0.25) is 14.5 Å². The molecule has 0 atom stereocenters. The first-order valence-corrected chi connectivity index (χ1v) is 11.7. The fourth-order valence-electron chi connectivity index (χ4n) is 4.25. The molecule has 36 heavy (non-hydrogen) atoms. The average Bonchev–Trinajstić information content (AvgIpc) is 3.59. The van der Waals surface area contributed by atoms with E-state index >= 15 is 0 Å². The van der Waals surface area contributed by atoms with Crippen LogP contribution in [0.4, 0.5) is 5.69 Å². The predicted octanol–water partition coefficient (Wildman–Crippen LogP) is 2.46. The number of methoxy groups -OCH3 is 3. The monoisotopic (exact) mass is 494 g/mol. The molecule has 0 unspecified atom stereocenters. The summed E-state index contributed by atoms with van der Waals surface area (Å²) in [5.41, 5.74) is 1.15. The van der Waals surface area contributed by atoms with Gasteiger partial charge >= 0.3 is 0 Å². The van der Waals surface area contributed by atoms with Crippen LogP contribution in [0, 0.1) is 0 Å². The number of ether oxygens (including phenoxy) is 3. The molecule has 190 valence electrons. The van der Waals surface area contributed by atoms with E-state index in [1.165, 1.54) is 16.8 Å². The number of carbonyl (C=O) groups is 2. The Bertz CT molecular complexity index is 1210. The number of nitrogens with zero attached hydrogens (tertiary/aromatic N) is 5. The van der Waals surface area contributed by atoms with Crippen molar-refractivity contribution in [2.45, 2.75) is 38.3 Å². The van der Waals surface area contributed by atoms with Crippen LogP contribution in [-0.4, -0.2) is 65.9 Å². The summed E-state index contributed by atoms with van der Waals surface area (Å²) in [6.07, 6.45) is 4.10. The summed E-state index contributed by atoms with van der Waals surface area (Å²) in [5, 5.41) is 15.5. The van der Waals surface area contributed by atoms with Gasteiger partial charge in [-0.1, -0.05) is 25.0 Å². The van der Waals surface area contributed by atoms with Crippen LogP contribution >= 0.6 is 0 Å². The van der Waals surface area contributed by atoms with Crippen molar-refractivity contribution in [2.24, 2.45) is 0 Å². The molecule has 11 heteroatoms. The number of hydrogen-bond acceptors (Lipinski definition) is 8. The normalized spacial score (nSPS) is 13.3. The van der Waals surface area contributed by atoms with Crippen molar-refractivity contribution in [3.63, 3.8) is 0 Å². The number of anilines is 1. The number of carbonyl (C=O) groups excluding carboxylic acids is 2. The van der Waals surface area contributed by atoms with Crippen LogP contribution in [0.15, 0.2) is 42.5 Å². The Hall–Kier alpha value is -4.15. The van der Waals surface area contributed by atoms with Gasteiger partial charge in [0.25, 0.3) is 5.91 Å². The van der Waals surface area contributed by atoms with Crippen LogP contribution in [0.25, 0.3) is 11.4 Å². The lowest BCUT2D eigenvalue weighted by molar-refractivity contribution is -0.124. The van der Waals surface area contributed by atoms with Gasteiger partial charge in [0.1, 0.15) is 18.8 Å². The van der Waals surface area contributed by atoms with Crippen molar-refractivity contribution < 1.29 is 23.8 Å². The number of amides is 2. The molecule has 1 aliphatic carbocycles. The first-order valence-electron chi connectivity index (χ1n) is 11.7. The third kappa shape index (κ3) is 5.73. The van der Waals surface area contributed by atoms with Gasteiger partial charge in [-0.25, -0.2) is 0 Å². The van der Waals surface area contributed by atoms with Crippen molar-refractivity contribution in [3.8, 4) is 28.6 Å². The van der Waals surface area contributed by atoms with Crippen molar-refractivity contribution in [2.75, 3.05) is 32.8 Å². The lowest BCUT2D eigenvalue weighted by atomic mass is 10.2. The number of aromatic nitrogens is 4. The van der Waals surface area contributed by atoms with Gasteiger partial charge in [0.2, 0.25) is 11.7 Å². The van der Waals surface area contributed by atoms with Crippen LogP contribution in [0.5, 0.6) is 17.2 Å². The molecule has 1 aliphatic rings. The molecule has 1 aromatic heterocycles. The van der Waals surface area contributed by atoms with Crippen LogP contribution in [0.3, 0.4) is 0 Å². The Labute approximate surface area is 209 Å². The number of tetrazole rings is 1. The summed E-state index contributed by atoms with van der Waals surface area (Å²) in [7, 11) is 4.62. The van der Waals surface area contributed by atoms with E-state index in [9.17, 15) is 9.59 Å². The highest BCUT2D eigenvalue weighted by molar-refractivity contribution is 5.99. The maximum atomic E-state index is 13.4. The molecule has 0 aliphatic heterocycles. The fraction of sp³-hybridized carbons (Fsp3) is 0.400. The number of benzene rings is 2. The second-order valence-corrected chi connectivity index (χ2v) is 8.41. The van der Waals surface area contributed by atoms with Gasteiger partial charge in [-0.05, 0) is 48.4 Å². The molecule has 11 nitrogen and oxygen atoms in total. The van der Waals surface area contributed by atoms with Gasteiger partial charge in [0, 0.05) is 11.6 Å². The molecule has 0 spiro atoms. The van der Waals surface area contributed by atoms with E-state index in [1.807, 2.05) is 0 Å². The standard InChI is InChI=1S/C25H30N6O5/c1-34-20-11-7-6-10-19(20)30(15-23(32)26-18-8-4-5-9-18)24(33)16-31-28-25(27-29-31)17-12-13-21(35-2)22(14-17)36-3/h6-7,10-14,18H,4-5,8-9,15-16H2,1-3H3,(H,26,32). The molecule has 0 saturated heterocycles. The molecule has 3 aromatic rings. The molecule has 4 rings (SSSR count). The summed E-state index contributed by atoms with van der Waals surface area (Å²) in [6.45, 7) is -0.359. The molecule has 1 fully saturated rings. The average molecular weight is 495 g/mol. The van der Waals surface area contributed by atoms with Gasteiger partial charge in [0.05, 0.1) is 27.0 Å². The number of hydrogen-bond donors (Lipinski definition) is 1. The highest BCUT2D eigenvalue weighted by atomic mass is 16.5. The summed E-state index contributed by atoms with van der Waals surface area (Å²) in [5.74, 6) is 1.31. The fourth-order valence-corrected chi connectivity index (χ4v) is 4.25. The Morgan fingerprint density at radius 2 is 1.72 bits per heavy atom. The maximum absolute atomic E-state index is 13.4. The van der Waals surface area contributed by atoms with Crippen molar-refractivity contribution >= 4 is 17.5 Å². The molecule has 0 radical (unpaired) electrons. The zero-order valence-electron chi connectivity index (χ0n) is 20.6. The summed E-state index contributed by atoms with van der Waals surface area (Å²) < 4.78 is 16.1. The predicted molar refractivity (Wildman–Crippen MR) is 132 cm³/mol. The lowest BCUT2D eigenvalue weighted by Crippen LogP contribution is -2.45. The lowest BCUT2D eigenvalue weighted by Gasteiger charge is -2.24. The minimum atomic E-state index is -0.377. The van der Waals surface area contributed by atoms with Crippen molar-refractivity contribution in [3.05, 3.63) is 42.5 Å². The van der Waals surface area contributed by atoms with E-state index in [2.05, 4.69) is 20.7 Å². The Kier molecular flexibility index (Phi) is 7.99. The minimum Gasteiger partial charge on any atom is -0.495 e. The van der Waals surface area contributed by atoms with Gasteiger partial charge in [0.15, 0.2) is 11.5 Å². The smallest absolute Gasteiger partial charge is 0.251 e. The second-order valence-electron chi connectivity index (χ2n) is 8.41. The molecule has 1 heterocycles. The molecule has 1 N–H and O–H groups in total. The van der Waals surface area contributed by atoms with E-state index in [1.54, 1.807) is 56.7 Å². The Balaban J connectivity index is 1.53. The SMILES string of the molecule is COc1ccc(-c2nnn(CC(=O)N(CC(=O)NC3CCCC3)c3ccccc3OC)n2)cc1OC. The molecule has 0 bridgehead atoms. The van der Waals surface area contributed by atoms with Crippen LogP contribution in [0.1, 0.15) is 25.7 Å².